The van der Waals surface area contributed by atoms with Crippen LogP contribution in [0, 0.1) is 0 Å². The molecule has 6 heteroatoms. The molecule has 3 N–H and O–H groups in total. The molecule has 0 aliphatic carbocycles. The summed E-state index contributed by atoms with van der Waals surface area (Å²) in [6.45, 7) is 7.16. The molecule has 2 rings (SSSR count). The normalized spacial score (nSPS) is 11.6. The highest BCUT2D eigenvalue weighted by Gasteiger charge is 2.13. The van der Waals surface area contributed by atoms with Crippen LogP contribution in [-0.2, 0) is 17.9 Å². The van der Waals surface area contributed by atoms with E-state index in [0.717, 1.165) is 16.9 Å². The van der Waals surface area contributed by atoms with Gasteiger partial charge >= 0.3 is 0 Å². The van der Waals surface area contributed by atoms with Crippen molar-refractivity contribution >= 4 is 11.9 Å². The van der Waals surface area contributed by atoms with Crippen molar-refractivity contribution in [3.05, 3.63) is 65.7 Å². The lowest BCUT2D eigenvalue weighted by molar-refractivity contribution is -0.121. The quantitative estimate of drug-likeness (QED) is 0.508. The van der Waals surface area contributed by atoms with Crippen LogP contribution >= 0.6 is 0 Å². The summed E-state index contributed by atoms with van der Waals surface area (Å²) in [5.74, 6) is 1.33. The molecule has 0 heterocycles. The van der Waals surface area contributed by atoms with Gasteiger partial charge in [0.2, 0.25) is 5.91 Å². The lowest BCUT2D eigenvalue weighted by Crippen LogP contribution is -2.48. The van der Waals surface area contributed by atoms with Gasteiger partial charge < -0.3 is 20.7 Å². The predicted molar refractivity (Wildman–Crippen MR) is 113 cm³/mol. The summed E-state index contributed by atoms with van der Waals surface area (Å²) in [6, 6.07) is 18.0. The number of aliphatic imine (C=N–C) groups is 1. The third-order valence-electron chi connectivity index (χ3n) is 3.79. The zero-order valence-electron chi connectivity index (χ0n) is 17.1. The minimum Gasteiger partial charge on any atom is -0.489 e. The Bertz CT molecular complexity index is 765. The Hall–Kier alpha value is -3.02. The van der Waals surface area contributed by atoms with Gasteiger partial charge in [0.25, 0.3) is 0 Å². The summed E-state index contributed by atoms with van der Waals surface area (Å²) in [5.41, 5.74) is 1.98. The van der Waals surface area contributed by atoms with Crippen molar-refractivity contribution in [2.24, 2.45) is 4.99 Å². The first-order chi connectivity index (χ1) is 13.4. The molecule has 0 atom stereocenters. The number of guanidine groups is 1. The molecular weight excluding hydrogens is 352 g/mol. The Morgan fingerprint density at radius 2 is 1.64 bits per heavy atom. The largest absolute Gasteiger partial charge is 0.489 e. The van der Waals surface area contributed by atoms with Crippen molar-refractivity contribution in [2.45, 2.75) is 39.5 Å². The molecule has 0 aromatic heterocycles. The molecule has 2 aromatic carbocycles. The Labute approximate surface area is 167 Å². The van der Waals surface area contributed by atoms with Gasteiger partial charge in [-0.25, -0.2) is 0 Å². The topological polar surface area (TPSA) is 74.8 Å². The molecule has 0 bridgehead atoms. The van der Waals surface area contributed by atoms with E-state index in [1.807, 2.05) is 75.4 Å². The molecule has 0 aliphatic rings. The van der Waals surface area contributed by atoms with E-state index >= 15 is 0 Å². The van der Waals surface area contributed by atoms with E-state index in [4.69, 9.17) is 4.74 Å². The van der Waals surface area contributed by atoms with Gasteiger partial charge in [-0.1, -0.05) is 42.5 Å². The second-order valence-electron chi connectivity index (χ2n) is 7.50. The van der Waals surface area contributed by atoms with E-state index in [-0.39, 0.29) is 18.0 Å². The average Bonchev–Trinajstić information content (AvgIpc) is 2.67. The Kier molecular flexibility index (Phi) is 7.87. The van der Waals surface area contributed by atoms with Crippen molar-refractivity contribution in [1.82, 2.24) is 16.0 Å². The lowest BCUT2D eigenvalue weighted by atomic mass is 10.1. The van der Waals surface area contributed by atoms with Crippen molar-refractivity contribution in [2.75, 3.05) is 13.6 Å². The van der Waals surface area contributed by atoms with E-state index in [1.54, 1.807) is 7.05 Å². The first-order valence-corrected chi connectivity index (χ1v) is 9.37. The predicted octanol–water partition coefficient (Wildman–Crippen LogP) is 2.85. The standard InChI is InChI=1S/C22H30N4O2/c1-22(2,3)26-20(27)15-25-21(23-4)24-14-17-10-12-19(13-11-17)28-16-18-8-6-5-7-9-18/h5-13H,14-16H2,1-4H3,(H,26,27)(H2,23,24,25). The summed E-state index contributed by atoms with van der Waals surface area (Å²) in [4.78, 5) is 16.0. The minimum atomic E-state index is -0.250. The van der Waals surface area contributed by atoms with Crippen LogP contribution in [0.5, 0.6) is 5.75 Å². The highest BCUT2D eigenvalue weighted by atomic mass is 16.5. The maximum absolute atomic E-state index is 11.9. The Balaban J connectivity index is 1.75. The van der Waals surface area contributed by atoms with E-state index in [1.165, 1.54) is 0 Å². The molecule has 150 valence electrons. The number of hydrogen-bond donors (Lipinski definition) is 3. The smallest absolute Gasteiger partial charge is 0.239 e. The number of ether oxygens (including phenoxy) is 1. The first kappa shape index (κ1) is 21.3. The SMILES string of the molecule is CN=C(NCC(=O)NC(C)(C)C)NCc1ccc(OCc2ccccc2)cc1. The van der Waals surface area contributed by atoms with Gasteiger partial charge in [-0.3, -0.25) is 9.79 Å². The van der Waals surface area contributed by atoms with Crippen LogP contribution in [0.25, 0.3) is 0 Å². The van der Waals surface area contributed by atoms with Gasteiger partial charge in [-0.15, -0.1) is 0 Å². The highest BCUT2D eigenvalue weighted by molar-refractivity contribution is 5.86. The molecule has 6 nitrogen and oxygen atoms in total. The third kappa shape index (κ3) is 8.12. The van der Waals surface area contributed by atoms with Gasteiger partial charge in [0.15, 0.2) is 5.96 Å². The second kappa shape index (κ2) is 10.3. The number of amides is 1. The third-order valence-corrected chi connectivity index (χ3v) is 3.79. The maximum atomic E-state index is 11.9. The number of nitrogens with one attached hydrogen (secondary N) is 3. The number of hydrogen-bond acceptors (Lipinski definition) is 3. The molecule has 0 fully saturated rings. The van der Waals surface area contributed by atoms with Gasteiger partial charge in [0, 0.05) is 19.1 Å². The molecule has 0 radical (unpaired) electrons. The lowest BCUT2D eigenvalue weighted by Gasteiger charge is -2.21. The summed E-state index contributed by atoms with van der Waals surface area (Å²) in [6.07, 6.45) is 0. The zero-order chi connectivity index (χ0) is 20.4. The van der Waals surface area contributed by atoms with Crippen molar-refractivity contribution in [3.8, 4) is 5.75 Å². The van der Waals surface area contributed by atoms with Crippen molar-refractivity contribution < 1.29 is 9.53 Å². The molecule has 0 unspecified atom stereocenters. The van der Waals surface area contributed by atoms with E-state index < -0.39 is 0 Å². The molecule has 2 aromatic rings. The average molecular weight is 383 g/mol. The number of carbonyl (C=O) groups excluding carboxylic acids is 1. The summed E-state index contributed by atoms with van der Waals surface area (Å²) < 4.78 is 5.80. The molecule has 28 heavy (non-hydrogen) atoms. The van der Waals surface area contributed by atoms with Crippen molar-refractivity contribution in [3.63, 3.8) is 0 Å². The van der Waals surface area contributed by atoms with Gasteiger partial charge in [-0.2, -0.15) is 0 Å². The molecule has 0 saturated heterocycles. The monoisotopic (exact) mass is 382 g/mol. The summed E-state index contributed by atoms with van der Waals surface area (Å²) in [7, 11) is 1.68. The molecular formula is C22H30N4O2. The molecule has 0 saturated carbocycles. The van der Waals surface area contributed by atoms with E-state index in [2.05, 4.69) is 20.9 Å². The fourth-order valence-corrected chi connectivity index (χ4v) is 2.48. The van der Waals surface area contributed by atoms with E-state index in [9.17, 15) is 4.79 Å². The van der Waals surface area contributed by atoms with E-state index in [0.29, 0.717) is 19.1 Å². The van der Waals surface area contributed by atoms with Crippen LogP contribution < -0.4 is 20.7 Å². The number of rotatable bonds is 7. The minimum absolute atomic E-state index is 0.0737. The van der Waals surface area contributed by atoms with Gasteiger partial charge in [0.05, 0.1) is 6.54 Å². The number of carbonyl (C=O) groups is 1. The van der Waals surface area contributed by atoms with Crippen LogP contribution in [0.1, 0.15) is 31.9 Å². The molecule has 0 aliphatic heterocycles. The maximum Gasteiger partial charge on any atom is 0.239 e. The van der Waals surface area contributed by atoms with Crippen LogP contribution in [0.4, 0.5) is 0 Å². The second-order valence-corrected chi connectivity index (χ2v) is 7.50. The van der Waals surface area contributed by atoms with Gasteiger partial charge in [0.1, 0.15) is 12.4 Å². The fraction of sp³-hybridized carbons (Fsp3) is 0.364. The van der Waals surface area contributed by atoms with Crippen molar-refractivity contribution in [1.29, 1.82) is 0 Å². The number of nitrogens with zero attached hydrogens (tertiary/aromatic N) is 1. The fourth-order valence-electron chi connectivity index (χ4n) is 2.48. The van der Waals surface area contributed by atoms with Crippen LogP contribution in [-0.4, -0.2) is 31.0 Å². The van der Waals surface area contributed by atoms with Gasteiger partial charge in [-0.05, 0) is 44.0 Å². The summed E-state index contributed by atoms with van der Waals surface area (Å²) in [5, 5.41) is 9.12. The molecule has 0 spiro atoms. The molecule has 1 amide bonds. The van der Waals surface area contributed by atoms with Crippen LogP contribution in [0.3, 0.4) is 0 Å². The highest BCUT2D eigenvalue weighted by Crippen LogP contribution is 2.14. The Morgan fingerprint density at radius 1 is 0.964 bits per heavy atom. The first-order valence-electron chi connectivity index (χ1n) is 9.37. The summed E-state index contributed by atoms with van der Waals surface area (Å²) >= 11 is 0. The van der Waals surface area contributed by atoms with Crippen LogP contribution in [0.15, 0.2) is 59.6 Å². The Morgan fingerprint density at radius 3 is 2.25 bits per heavy atom. The zero-order valence-corrected chi connectivity index (χ0v) is 17.1. The number of benzene rings is 2. The van der Waals surface area contributed by atoms with Crippen LogP contribution in [0.2, 0.25) is 0 Å².